The summed E-state index contributed by atoms with van der Waals surface area (Å²) in [6.45, 7) is 2.35. The number of hydrogen-bond acceptors (Lipinski definition) is 2. The number of rotatable bonds is 11. The van der Waals surface area contributed by atoms with E-state index < -0.39 is 0 Å². The molecule has 21 heavy (non-hydrogen) atoms. The monoisotopic (exact) mass is 288 g/mol. The molecule has 0 bridgehead atoms. The number of carbonyl (C=O) groups is 1. The number of allylic oxidation sites excluding steroid dienone is 1. The van der Waals surface area contributed by atoms with Crippen molar-refractivity contribution < 1.29 is 9.53 Å². The summed E-state index contributed by atoms with van der Waals surface area (Å²) in [4.78, 5) is 11.1. The first kappa shape index (κ1) is 17.5. The summed E-state index contributed by atoms with van der Waals surface area (Å²) in [5.74, 6) is -0.0523. The molecule has 0 heterocycles. The van der Waals surface area contributed by atoms with Crippen molar-refractivity contribution in [3.63, 3.8) is 0 Å². The quantitative estimate of drug-likeness (QED) is 0.403. The average molecular weight is 288 g/mol. The average Bonchev–Trinajstić information content (AvgIpc) is 2.50. The van der Waals surface area contributed by atoms with E-state index in [2.05, 4.69) is 36.4 Å². The third-order valence-electron chi connectivity index (χ3n) is 3.42. The van der Waals surface area contributed by atoms with Gasteiger partial charge in [-0.05, 0) is 31.7 Å². The van der Waals surface area contributed by atoms with Crippen LogP contribution in [-0.2, 0) is 9.53 Å². The minimum absolute atomic E-state index is 0.0523. The third-order valence-corrected chi connectivity index (χ3v) is 3.42. The number of ether oxygens (including phenoxy) is 1. The Morgan fingerprint density at radius 1 is 1.00 bits per heavy atom. The van der Waals surface area contributed by atoms with Crippen molar-refractivity contribution in [3.8, 4) is 0 Å². The predicted molar refractivity (Wildman–Crippen MR) is 89.0 cm³/mol. The molecule has 0 aliphatic carbocycles. The lowest BCUT2D eigenvalue weighted by Crippen LogP contribution is -2.03. The predicted octanol–water partition coefficient (Wildman–Crippen LogP) is 5.38. The van der Waals surface area contributed by atoms with E-state index in [1.807, 2.05) is 13.0 Å². The van der Waals surface area contributed by atoms with Crippen molar-refractivity contribution in [2.75, 3.05) is 6.61 Å². The van der Waals surface area contributed by atoms with Gasteiger partial charge in [0.25, 0.3) is 0 Å². The van der Waals surface area contributed by atoms with E-state index in [-0.39, 0.29) is 5.97 Å². The molecule has 0 saturated heterocycles. The van der Waals surface area contributed by atoms with Gasteiger partial charge in [-0.15, -0.1) is 0 Å². The molecule has 0 unspecified atom stereocenters. The van der Waals surface area contributed by atoms with Gasteiger partial charge in [0, 0.05) is 6.42 Å². The molecular weight excluding hydrogens is 260 g/mol. The molecule has 2 nitrogen and oxygen atoms in total. The van der Waals surface area contributed by atoms with E-state index in [1.165, 1.54) is 31.2 Å². The van der Waals surface area contributed by atoms with Crippen LogP contribution in [0.15, 0.2) is 36.4 Å². The maximum absolute atomic E-state index is 11.1. The Kier molecular flexibility index (Phi) is 10.1. The standard InChI is InChI=1S/C19H28O2/c1-2-21-19(20)17-13-8-6-4-3-5-7-10-14-18-15-11-9-12-16-18/h9-12,14-16H,2-8,13,17H2,1H3/b14-10+. The number of carbonyl (C=O) groups excluding carboxylic acids is 1. The number of esters is 1. The second kappa shape index (κ2) is 12.2. The fourth-order valence-corrected chi connectivity index (χ4v) is 2.26. The molecule has 0 spiro atoms. The molecule has 0 aromatic heterocycles. The fourth-order valence-electron chi connectivity index (χ4n) is 2.26. The van der Waals surface area contributed by atoms with Crippen molar-refractivity contribution >= 4 is 12.0 Å². The second-order valence-electron chi connectivity index (χ2n) is 5.28. The normalized spacial score (nSPS) is 10.9. The van der Waals surface area contributed by atoms with E-state index in [0.29, 0.717) is 13.0 Å². The van der Waals surface area contributed by atoms with Crippen molar-refractivity contribution in [1.29, 1.82) is 0 Å². The maximum atomic E-state index is 11.1. The molecule has 2 heteroatoms. The van der Waals surface area contributed by atoms with Crippen LogP contribution >= 0.6 is 0 Å². The van der Waals surface area contributed by atoms with E-state index in [1.54, 1.807) is 0 Å². The number of hydrogen-bond donors (Lipinski definition) is 0. The summed E-state index contributed by atoms with van der Waals surface area (Å²) in [6, 6.07) is 10.4. The Bertz CT molecular complexity index is 395. The van der Waals surface area contributed by atoms with Gasteiger partial charge in [0.05, 0.1) is 6.61 Å². The highest BCUT2D eigenvalue weighted by Crippen LogP contribution is 2.10. The first-order chi connectivity index (χ1) is 10.3. The molecule has 0 aliphatic rings. The highest BCUT2D eigenvalue weighted by Gasteiger charge is 2.00. The van der Waals surface area contributed by atoms with Crippen molar-refractivity contribution in [1.82, 2.24) is 0 Å². The smallest absolute Gasteiger partial charge is 0.305 e. The van der Waals surface area contributed by atoms with Gasteiger partial charge in [-0.2, -0.15) is 0 Å². The summed E-state index contributed by atoms with van der Waals surface area (Å²) < 4.78 is 4.90. The molecule has 0 saturated carbocycles. The van der Waals surface area contributed by atoms with Gasteiger partial charge in [0.1, 0.15) is 0 Å². The van der Waals surface area contributed by atoms with E-state index in [0.717, 1.165) is 19.3 Å². The molecule has 0 fully saturated rings. The van der Waals surface area contributed by atoms with Gasteiger partial charge in [-0.1, -0.05) is 68.2 Å². The van der Waals surface area contributed by atoms with Crippen LogP contribution in [-0.4, -0.2) is 12.6 Å². The Balaban J connectivity index is 1.89. The SMILES string of the molecule is CCOC(=O)CCCCCCCC/C=C/c1ccccc1. The zero-order valence-electron chi connectivity index (χ0n) is 13.2. The van der Waals surface area contributed by atoms with Gasteiger partial charge >= 0.3 is 5.97 Å². The van der Waals surface area contributed by atoms with Gasteiger partial charge in [-0.25, -0.2) is 0 Å². The highest BCUT2D eigenvalue weighted by atomic mass is 16.5. The third kappa shape index (κ3) is 9.89. The van der Waals surface area contributed by atoms with Crippen molar-refractivity contribution in [3.05, 3.63) is 42.0 Å². The molecule has 0 amide bonds. The highest BCUT2D eigenvalue weighted by molar-refractivity contribution is 5.69. The molecule has 0 N–H and O–H groups in total. The van der Waals surface area contributed by atoms with Crippen molar-refractivity contribution in [2.24, 2.45) is 0 Å². The summed E-state index contributed by atoms with van der Waals surface area (Å²) in [5, 5.41) is 0. The minimum atomic E-state index is -0.0523. The van der Waals surface area contributed by atoms with Gasteiger partial charge in [0.15, 0.2) is 0 Å². The van der Waals surface area contributed by atoms with Crippen molar-refractivity contribution in [2.45, 2.75) is 58.3 Å². The molecule has 116 valence electrons. The Hall–Kier alpha value is -1.57. The zero-order chi connectivity index (χ0) is 15.2. The fraction of sp³-hybridized carbons (Fsp3) is 0.526. The van der Waals surface area contributed by atoms with Crippen LogP contribution in [0, 0.1) is 0 Å². The van der Waals surface area contributed by atoms with Crippen LogP contribution in [0.3, 0.4) is 0 Å². The largest absolute Gasteiger partial charge is 0.466 e. The Morgan fingerprint density at radius 2 is 1.67 bits per heavy atom. The number of benzene rings is 1. The molecular formula is C19H28O2. The Morgan fingerprint density at radius 3 is 2.38 bits per heavy atom. The number of unbranched alkanes of at least 4 members (excludes halogenated alkanes) is 6. The van der Waals surface area contributed by atoms with Gasteiger partial charge in [-0.3, -0.25) is 4.79 Å². The van der Waals surface area contributed by atoms with Crippen LogP contribution in [0.4, 0.5) is 0 Å². The molecule has 0 radical (unpaired) electrons. The van der Waals surface area contributed by atoms with Gasteiger partial charge in [0.2, 0.25) is 0 Å². The second-order valence-corrected chi connectivity index (χ2v) is 5.28. The molecule has 0 atom stereocenters. The minimum Gasteiger partial charge on any atom is -0.466 e. The van der Waals surface area contributed by atoms with E-state index >= 15 is 0 Å². The molecule has 0 aliphatic heterocycles. The zero-order valence-corrected chi connectivity index (χ0v) is 13.2. The van der Waals surface area contributed by atoms with Crippen LogP contribution in [0.5, 0.6) is 0 Å². The molecule has 1 aromatic rings. The maximum Gasteiger partial charge on any atom is 0.305 e. The van der Waals surface area contributed by atoms with Crippen LogP contribution < -0.4 is 0 Å². The first-order valence-electron chi connectivity index (χ1n) is 8.20. The summed E-state index contributed by atoms with van der Waals surface area (Å²) >= 11 is 0. The summed E-state index contributed by atoms with van der Waals surface area (Å²) in [5.41, 5.74) is 1.27. The van der Waals surface area contributed by atoms with E-state index in [4.69, 9.17) is 4.74 Å². The molecule has 1 aromatic carbocycles. The lowest BCUT2D eigenvalue weighted by atomic mass is 10.1. The van der Waals surface area contributed by atoms with Crippen LogP contribution in [0.1, 0.15) is 63.9 Å². The summed E-state index contributed by atoms with van der Waals surface area (Å²) in [6.07, 6.45) is 13.3. The lowest BCUT2D eigenvalue weighted by molar-refractivity contribution is -0.143. The van der Waals surface area contributed by atoms with Gasteiger partial charge < -0.3 is 4.74 Å². The first-order valence-corrected chi connectivity index (χ1v) is 8.20. The Labute approximate surface area is 129 Å². The van der Waals surface area contributed by atoms with Crippen LogP contribution in [0.2, 0.25) is 0 Å². The summed E-state index contributed by atoms with van der Waals surface area (Å²) in [7, 11) is 0. The lowest BCUT2D eigenvalue weighted by Gasteiger charge is -2.02. The topological polar surface area (TPSA) is 26.3 Å². The molecule has 1 rings (SSSR count). The van der Waals surface area contributed by atoms with Crippen LogP contribution in [0.25, 0.3) is 6.08 Å². The van der Waals surface area contributed by atoms with E-state index in [9.17, 15) is 4.79 Å².